The zero-order chi connectivity index (χ0) is 103. The molecule has 6 N–H and O–H groups in total. The number of anilines is 3. The molecule has 3 aliphatic rings. The largest absolute Gasteiger partial charge is 0.497 e. The second-order valence-corrected chi connectivity index (χ2v) is 38.2. The molecule has 28 nitrogen and oxygen atoms in total. The Balaban J connectivity index is 0.000000182. The van der Waals surface area contributed by atoms with E-state index in [1.165, 1.54) is 0 Å². The van der Waals surface area contributed by atoms with Gasteiger partial charge < -0.3 is 65.4 Å². The number of aliphatic hydroxyl groups excluding tert-OH is 3. The molecule has 0 saturated carbocycles. The Bertz CT molecular complexity index is 6230. The van der Waals surface area contributed by atoms with E-state index >= 15 is 0 Å². The lowest BCUT2D eigenvalue weighted by Crippen LogP contribution is -2.46. The Morgan fingerprint density at radius 1 is 0.331 bits per heavy atom. The molecule has 0 fully saturated rings. The second kappa shape index (κ2) is 52.2. The first-order chi connectivity index (χ1) is 70.2. The molecule has 762 valence electrons. The number of ether oxygens (including phenoxy) is 1. The molecular formula is C117H141N15O13. The van der Waals surface area contributed by atoms with E-state index in [2.05, 4.69) is 57.5 Å². The summed E-state index contributed by atoms with van der Waals surface area (Å²) in [6.07, 6.45) is 13.5. The van der Waals surface area contributed by atoms with Crippen molar-refractivity contribution in [1.82, 2.24) is 58.7 Å². The van der Waals surface area contributed by atoms with Crippen LogP contribution in [0.3, 0.4) is 0 Å². The van der Waals surface area contributed by atoms with Crippen molar-refractivity contribution in [2.45, 2.75) is 229 Å². The van der Waals surface area contributed by atoms with E-state index in [0.717, 1.165) is 138 Å². The number of benzene rings is 9. The lowest BCUT2D eigenvalue weighted by molar-refractivity contribution is -0.116. The predicted octanol–water partition coefficient (Wildman–Crippen LogP) is 18.5. The summed E-state index contributed by atoms with van der Waals surface area (Å²) in [7, 11) is 1.59. The summed E-state index contributed by atoms with van der Waals surface area (Å²) in [6, 6.07) is 66.4. The molecular weight excluding hydrogens is 1820 g/mol. The van der Waals surface area contributed by atoms with Crippen LogP contribution in [0.25, 0.3) is 17.1 Å². The second-order valence-electron chi connectivity index (χ2n) is 38.2. The number of hydrogen-bond donors (Lipinski definition) is 6. The minimum Gasteiger partial charge on any atom is -0.497 e. The third kappa shape index (κ3) is 27.7. The summed E-state index contributed by atoms with van der Waals surface area (Å²) in [5, 5.41) is 54.3. The van der Waals surface area contributed by atoms with Crippen LogP contribution in [0.5, 0.6) is 5.75 Å². The van der Waals surface area contributed by atoms with E-state index in [9.17, 15) is 58.5 Å². The van der Waals surface area contributed by atoms with E-state index in [1.54, 1.807) is 121 Å². The molecule has 0 radical (unpaired) electrons. The molecule has 3 aromatic heterocycles. The van der Waals surface area contributed by atoms with Gasteiger partial charge in [-0.25, -0.2) is 14.0 Å². The third-order valence-corrected chi connectivity index (χ3v) is 27.0. The van der Waals surface area contributed by atoms with E-state index in [4.69, 9.17) is 20.0 Å². The maximum atomic E-state index is 14.5. The number of nitrogens with zero attached hydrogens (tertiary/aromatic N) is 12. The van der Waals surface area contributed by atoms with Crippen LogP contribution in [0.4, 0.5) is 17.1 Å². The lowest BCUT2D eigenvalue weighted by atomic mass is 9.93. The summed E-state index contributed by atoms with van der Waals surface area (Å²) in [5.41, 5.74) is 18.1. The number of aryl methyl sites for hydroxylation is 5. The molecule has 0 saturated heterocycles. The average Bonchev–Trinajstić information content (AvgIpc) is 1.75. The van der Waals surface area contributed by atoms with Gasteiger partial charge in [0, 0.05) is 93.0 Å². The van der Waals surface area contributed by atoms with Gasteiger partial charge in [-0.15, -0.1) is 0 Å². The average molecular weight is 1970 g/mol. The molecule has 0 bridgehead atoms. The Morgan fingerprint density at radius 3 is 0.869 bits per heavy atom. The van der Waals surface area contributed by atoms with E-state index in [-0.39, 0.29) is 92.2 Å². The molecule has 0 aliphatic carbocycles. The number of carbonyl (C=O) groups excluding carboxylic acids is 9. The first-order valence-corrected chi connectivity index (χ1v) is 51.3. The predicted molar refractivity (Wildman–Crippen MR) is 567 cm³/mol. The number of amides is 9. The molecule has 12 aromatic rings. The summed E-state index contributed by atoms with van der Waals surface area (Å²) in [5.74, 6) is -1.19. The van der Waals surface area contributed by atoms with Crippen LogP contribution in [0.1, 0.15) is 259 Å². The molecule has 9 amide bonds. The number of aliphatic hydroxyl groups is 3. The van der Waals surface area contributed by atoms with Crippen LogP contribution >= 0.6 is 0 Å². The fourth-order valence-electron chi connectivity index (χ4n) is 18.9. The van der Waals surface area contributed by atoms with Gasteiger partial charge in [-0.2, -0.15) is 15.3 Å². The third-order valence-electron chi connectivity index (χ3n) is 27.0. The molecule has 145 heavy (non-hydrogen) atoms. The fourth-order valence-corrected chi connectivity index (χ4v) is 18.9. The number of aromatic nitrogens is 6. The minimum absolute atomic E-state index is 0.125. The highest BCUT2D eigenvalue weighted by Crippen LogP contribution is 2.36. The van der Waals surface area contributed by atoms with Crippen LogP contribution in [0.15, 0.2) is 218 Å². The van der Waals surface area contributed by atoms with Gasteiger partial charge in [0.05, 0.1) is 98.1 Å². The van der Waals surface area contributed by atoms with Crippen LogP contribution in [-0.4, -0.2) is 212 Å². The van der Waals surface area contributed by atoms with Crippen LogP contribution in [-0.2, 0) is 72.5 Å². The van der Waals surface area contributed by atoms with Crippen LogP contribution in [0.2, 0.25) is 0 Å². The zero-order valence-electron chi connectivity index (χ0n) is 86.0. The summed E-state index contributed by atoms with van der Waals surface area (Å²) in [4.78, 5) is 135. The number of rotatable bonds is 40. The Morgan fingerprint density at radius 2 is 0.607 bits per heavy atom. The molecule has 9 aromatic carbocycles. The highest BCUT2D eigenvalue weighted by Gasteiger charge is 2.38. The van der Waals surface area contributed by atoms with Crippen molar-refractivity contribution in [3.8, 4) is 22.8 Å². The monoisotopic (exact) mass is 1960 g/mol. The number of hydrogen-bond acceptors (Lipinski definition) is 16. The molecule has 0 spiro atoms. The quantitative estimate of drug-likeness (QED) is 0.0208. The summed E-state index contributed by atoms with van der Waals surface area (Å²) >= 11 is 0. The van der Waals surface area contributed by atoms with Gasteiger partial charge in [-0.3, -0.25) is 43.2 Å². The van der Waals surface area contributed by atoms with Crippen molar-refractivity contribution < 1.29 is 63.2 Å². The van der Waals surface area contributed by atoms with Crippen molar-refractivity contribution in [3.05, 3.63) is 330 Å². The van der Waals surface area contributed by atoms with Crippen molar-refractivity contribution in [2.24, 2.45) is 0 Å². The summed E-state index contributed by atoms with van der Waals surface area (Å²) in [6.45, 7) is 26.6. The van der Waals surface area contributed by atoms with Gasteiger partial charge in [0.1, 0.15) is 5.75 Å². The number of carbonyl (C=O) groups is 9. The topological polar surface area (TPSA) is 333 Å². The highest BCUT2D eigenvalue weighted by atomic mass is 16.5. The first kappa shape index (κ1) is 108. The standard InChI is InChI=1S/C39H47N5O5.2C39H47N5O4/c1-5-7-19-42(20-8-6-2)39(48)35-21-27(3)44(41-35)36-18-15-31(40-37(46)22-28-13-16-33(49-4)17-14-28)24-34(36)38(47)43-25-30-12-10-9-11-29(30)23-32(43)26-45;2*1-5-7-18-42(19-8-6-2)39(48)35-21-28(4)44(41-35)36-17-16-32(40-37(46)22-29-13-11-12-27(3)20-29)24-34(36)38(47)43-25-31-15-10-9-14-30(31)23-33(43)26-45/h9-18,21,24,32,45H,5-8,19-20,22-23,25-26H2,1-4H3,(H,40,46);2*9-17,20-21,24,33,45H,5-8,18-19,22-23,25-26H2,1-4H3,(H,40,46)/t32-;2*33-/m000/s1. The van der Waals surface area contributed by atoms with E-state index in [1.807, 2.05) is 183 Å². The fraction of sp³-hybridized carbons (Fsp3) is 0.385. The van der Waals surface area contributed by atoms with Gasteiger partial charge in [-0.05, 0) is 227 Å². The van der Waals surface area contributed by atoms with Crippen molar-refractivity contribution in [2.75, 3.05) is 82.1 Å². The van der Waals surface area contributed by atoms with Gasteiger partial charge in [0.2, 0.25) is 17.7 Å². The number of unbranched alkanes of at least 4 members (excludes halogenated alkanes) is 6. The molecule has 28 heteroatoms. The minimum atomic E-state index is -0.426. The SMILES string of the molecule is CCCCN(CCCC)C(=O)c1cc(C)n(-c2ccc(NC(=O)Cc3ccc(OC)cc3)cc2C(=O)N2Cc3ccccc3C[C@H]2CO)n1.CCCCN(CCCC)C(=O)c1cc(C)n(-c2ccc(NC(=O)Cc3cccc(C)c3)cc2C(=O)N2Cc3ccccc3C[C@H]2CO)n1.CCCCN(CCCC)C(=O)c1cc(C)n(-c2ccc(NC(=O)Cc3cccc(C)c3)cc2C(=O)N2Cc3ccccc3C[C@H]2CO)n1. The Hall–Kier alpha value is -14.5. The molecule has 0 unspecified atom stereocenters. The zero-order valence-corrected chi connectivity index (χ0v) is 86.0. The number of nitrogens with one attached hydrogen (secondary N) is 3. The highest BCUT2D eigenvalue weighted by molar-refractivity contribution is 6.04. The smallest absolute Gasteiger partial charge is 0.274 e. The maximum Gasteiger partial charge on any atom is 0.274 e. The van der Waals surface area contributed by atoms with Crippen molar-refractivity contribution in [1.29, 1.82) is 0 Å². The van der Waals surface area contributed by atoms with Crippen LogP contribution < -0.4 is 20.7 Å². The molecule has 3 atom stereocenters. The Labute approximate surface area is 852 Å². The van der Waals surface area contributed by atoms with Crippen molar-refractivity contribution >= 4 is 70.2 Å². The molecule has 3 aliphatic heterocycles. The number of fused-ring (bicyclic) bond motifs is 3. The Kier molecular flexibility index (Phi) is 38.8. The molecule has 6 heterocycles. The van der Waals surface area contributed by atoms with Gasteiger partial charge in [0.25, 0.3) is 35.4 Å². The van der Waals surface area contributed by atoms with Gasteiger partial charge in [-0.1, -0.05) is 225 Å². The molecule has 15 rings (SSSR count). The number of methoxy groups -OCH3 is 1. The normalized spacial score (nSPS) is 14.0. The lowest BCUT2D eigenvalue weighted by Gasteiger charge is -2.36. The van der Waals surface area contributed by atoms with Gasteiger partial charge >= 0.3 is 0 Å². The maximum absolute atomic E-state index is 14.5. The van der Waals surface area contributed by atoms with E-state index in [0.29, 0.717) is 169 Å². The summed E-state index contributed by atoms with van der Waals surface area (Å²) < 4.78 is 10.1. The van der Waals surface area contributed by atoms with Crippen LogP contribution in [0, 0.1) is 34.6 Å². The van der Waals surface area contributed by atoms with E-state index < -0.39 is 18.1 Å². The first-order valence-electron chi connectivity index (χ1n) is 51.3. The van der Waals surface area contributed by atoms with Gasteiger partial charge in [0.15, 0.2) is 17.1 Å². The van der Waals surface area contributed by atoms with Crippen molar-refractivity contribution in [3.63, 3.8) is 0 Å².